The molecule has 0 aromatic heterocycles. The molecule has 1 aromatic carbocycles. The van der Waals surface area contributed by atoms with Gasteiger partial charge in [-0.15, -0.1) is 0 Å². The van der Waals surface area contributed by atoms with Crippen molar-refractivity contribution in [3.63, 3.8) is 0 Å². The van der Waals surface area contributed by atoms with Crippen LogP contribution in [0.15, 0.2) is 12.1 Å². The summed E-state index contributed by atoms with van der Waals surface area (Å²) in [6, 6.07) is 1.89. The van der Waals surface area contributed by atoms with Crippen LogP contribution in [-0.2, 0) is 0 Å². The normalized spacial score (nSPS) is 10.4. The van der Waals surface area contributed by atoms with Gasteiger partial charge in [-0.1, -0.05) is 0 Å². The fourth-order valence-electron chi connectivity index (χ4n) is 1.19. The van der Waals surface area contributed by atoms with Gasteiger partial charge in [0.1, 0.15) is 0 Å². The van der Waals surface area contributed by atoms with E-state index in [1.165, 1.54) is 6.92 Å². The average molecular weight is 246 g/mol. The highest BCUT2D eigenvalue weighted by molar-refractivity contribution is 5.96. The maximum absolute atomic E-state index is 12.0. The second-order valence-electron chi connectivity index (χ2n) is 3.11. The maximum atomic E-state index is 12.0. The number of hydrogen-bond donors (Lipinski definition) is 1. The number of halogens is 2. The quantitative estimate of drug-likeness (QED) is 0.379. The molecule has 17 heavy (non-hydrogen) atoms. The minimum atomic E-state index is -3.24. The molecular weight excluding hydrogens is 238 g/mol. The number of nitrogens with zero attached hydrogens (tertiary/aromatic N) is 1. The summed E-state index contributed by atoms with van der Waals surface area (Å²) < 4.78 is 28.0. The van der Waals surface area contributed by atoms with Crippen molar-refractivity contribution in [3.05, 3.63) is 27.8 Å². The number of benzene rings is 1. The standard InChI is InChI=1S/C9H8F2N2O4/c1-4(14)5-2-6(12)8(17-9(10)11)7(3-5)13(15)16/h2-3,9H,12H2,1H3. The van der Waals surface area contributed by atoms with Gasteiger partial charge in [0, 0.05) is 11.6 Å². The van der Waals surface area contributed by atoms with Crippen LogP contribution in [0.5, 0.6) is 5.75 Å². The fraction of sp³-hybridized carbons (Fsp3) is 0.222. The van der Waals surface area contributed by atoms with Gasteiger partial charge in [-0.3, -0.25) is 14.9 Å². The number of carbonyl (C=O) groups excluding carboxylic acids is 1. The molecule has 0 saturated carbocycles. The van der Waals surface area contributed by atoms with Gasteiger partial charge in [0.2, 0.25) is 5.75 Å². The predicted octanol–water partition coefficient (Wildman–Crippen LogP) is 1.98. The van der Waals surface area contributed by atoms with E-state index in [9.17, 15) is 23.7 Å². The van der Waals surface area contributed by atoms with E-state index in [1.807, 2.05) is 0 Å². The number of nitrogen functional groups attached to an aromatic ring is 1. The molecule has 92 valence electrons. The van der Waals surface area contributed by atoms with Crippen LogP contribution in [0.2, 0.25) is 0 Å². The summed E-state index contributed by atoms with van der Waals surface area (Å²) in [7, 11) is 0. The van der Waals surface area contributed by atoms with Gasteiger partial charge in [-0.05, 0) is 13.0 Å². The van der Waals surface area contributed by atoms with Crippen LogP contribution in [0.1, 0.15) is 17.3 Å². The first-order chi connectivity index (χ1) is 7.82. The lowest BCUT2D eigenvalue weighted by Crippen LogP contribution is -2.08. The molecular formula is C9H8F2N2O4. The minimum Gasteiger partial charge on any atom is -0.425 e. The van der Waals surface area contributed by atoms with Crippen molar-refractivity contribution in [3.8, 4) is 5.75 Å². The molecule has 0 heterocycles. The zero-order valence-corrected chi connectivity index (χ0v) is 8.65. The molecule has 0 aliphatic rings. The van der Waals surface area contributed by atoms with Crippen LogP contribution in [-0.4, -0.2) is 17.3 Å². The van der Waals surface area contributed by atoms with E-state index < -0.39 is 28.8 Å². The number of nitro groups is 1. The number of nitro benzene ring substituents is 1. The van der Waals surface area contributed by atoms with Crippen LogP contribution in [0.4, 0.5) is 20.2 Å². The van der Waals surface area contributed by atoms with Crippen molar-refractivity contribution in [2.45, 2.75) is 13.5 Å². The third-order valence-electron chi connectivity index (χ3n) is 1.91. The molecule has 6 nitrogen and oxygen atoms in total. The van der Waals surface area contributed by atoms with Crippen LogP contribution >= 0.6 is 0 Å². The number of carbonyl (C=O) groups is 1. The number of ether oxygens (including phenoxy) is 1. The van der Waals surface area contributed by atoms with Crippen LogP contribution in [0, 0.1) is 10.1 Å². The minimum absolute atomic E-state index is 0.0455. The number of anilines is 1. The van der Waals surface area contributed by atoms with Crippen LogP contribution in [0.25, 0.3) is 0 Å². The van der Waals surface area contributed by atoms with Gasteiger partial charge in [-0.25, -0.2) is 0 Å². The molecule has 0 aliphatic heterocycles. The van der Waals surface area contributed by atoms with E-state index in [4.69, 9.17) is 5.73 Å². The lowest BCUT2D eigenvalue weighted by molar-refractivity contribution is -0.386. The molecule has 0 unspecified atom stereocenters. The highest BCUT2D eigenvalue weighted by atomic mass is 19.3. The molecule has 1 aromatic rings. The first kappa shape index (κ1) is 12.8. The summed E-state index contributed by atoms with van der Waals surface area (Å²) in [5.41, 5.74) is 4.13. The predicted molar refractivity (Wildman–Crippen MR) is 54.1 cm³/mol. The van der Waals surface area contributed by atoms with Crippen molar-refractivity contribution >= 4 is 17.2 Å². The number of ketones is 1. The van der Waals surface area contributed by atoms with Crippen molar-refractivity contribution in [1.29, 1.82) is 0 Å². The smallest absolute Gasteiger partial charge is 0.387 e. The molecule has 0 amide bonds. The van der Waals surface area contributed by atoms with Gasteiger partial charge in [-0.2, -0.15) is 8.78 Å². The Bertz CT molecular complexity index is 476. The third kappa shape index (κ3) is 2.86. The molecule has 0 spiro atoms. The van der Waals surface area contributed by atoms with Gasteiger partial charge < -0.3 is 10.5 Å². The summed E-state index contributed by atoms with van der Waals surface area (Å²) in [6.45, 7) is -2.06. The molecule has 0 atom stereocenters. The number of rotatable bonds is 4. The molecule has 1 rings (SSSR count). The summed E-state index contributed by atoms with van der Waals surface area (Å²) in [5.74, 6) is -1.21. The number of Topliss-reactive ketones (excluding diaryl/α,β-unsaturated/α-hetero) is 1. The van der Waals surface area contributed by atoms with Gasteiger partial charge >= 0.3 is 12.3 Å². The molecule has 0 saturated heterocycles. The Morgan fingerprint density at radius 1 is 1.53 bits per heavy atom. The lowest BCUT2D eigenvalue weighted by atomic mass is 10.1. The van der Waals surface area contributed by atoms with E-state index in [2.05, 4.69) is 4.74 Å². The highest BCUT2D eigenvalue weighted by Crippen LogP contribution is 2.35. The Morgan fingerprint density at radius 3 is 2.53 bits per heavy atom. The van der Waals surface area contributed by atoms with Crippen molar-refractivity contribution in [1.82, 2.24) is 0 Å². The SMILES string of the molecule is CC(=O)c1cc(N)c(OC(F)F)c([N+](=O)[O-])c1. The Balaban J connectivity index is 3.38. The van der Waals surface area contributed by atoms with Crippen LogP contribution < -0.4 is 10.5 Å². The first-order valence-electron chi connectivity index (χ1n) is 4.36. The van der Waals surface area contributed by atoms with Crippen molar-refractivity contribution < 1.29 is 23.2 Å². The summed E-state index contributed by atoms with van der Waals surface area (Å²) in [6.07, 6.45) is 0. The molecule has 0 radical (unpaired) electrons. The second-order valence-corrected chi connectivity index (χ2v) is 3.11. The largest absolute Gasteiger partial charge is 0.425 e. The zero-order valence-electron chi connectivity index (χ0n) is 8.65. The van der Waals surface area contributed by atoms with Crippen molar-refractivity contribution in [2.24, 2.45) is 0 Å². The lowest BCUT2D eigenvalue weighted by Gasteiger charge is -2.09. The van der Waals surface area contributed by atoms with Gasteiger partial charge in [0.25, 0.3) is 0 Å². The van der Waals surface area contributed by atoms with E-state index in [1.54, 1.807) is 0 Å². The van der Waals surface area contributed by atoms with E-state index >= 15 is 0 Å². The Hall–Kier alpha value is -2.25. The summed E-state index contributed by atoms with van der Waals surface area (Å²) in [4.78, 5) is 20.7. The Labute approximate surface area is 94.1 Å². The van der Waals surface area contributed by atoms with E-state index in [0.717, 1.165) is 12.1 Å². The average Bonchev–Trinajstić information content (AvgIpc) is 2.19. The number of alkyl halides is 2. The number of nitrogens with two attached hydrogens (primary N) is 1. The summed E-state index contributed by atoms with van der Waals surface area (Å²) in [5, 5.41) is 10.6. The topological polar surface area (TPSA) is 95.5 Å². The fourth-order valence-corrected chi connectivity index (χ4v) is 1.19. The molecule has 2 N–H and O–H groups in total. The molecule has 8 heteroatoms. The Kier molecular flexibility index (Phi) is 3.56. The van der Waals surface area contributed by atoms with Gasteiger partial charge in [0.15, 0.2) is 5.78 Å². The Morgan fingerprint density at radius 2 is 2.12 bits per heavy atom. The van der Waals surface area contributed by atoms with E-state index in [-0.39, 0.29) is 11.3 Å². The summed E-state index contributed by atoms with van der Waals surface area (Å²) >= 11 is 0. The van der Waals surface area contributed by atoms with Gasteiger partial charge in [0.05, 0.1) is 10.6 Å². The van der Waals surface area contributed by atoms with Crippen molar-refractivity contribution in [2.75, 3.05) is 5.73 Å². The van der Waals surface area contributed by atoms with E-state index in [0.29, 0.717) is 0 Å². The molecule has 0 fully saturated rings. The highest BCUT2D eigenvalue weighted by Gasteiger charge is 2.23. The monoisotopic (exact) mass is 246 g/mol. The molecule has 0 bridgehead atoms. The first-order valence-corrected chi connectivity index (χ1v) is 4.36. The third-order valence-corrected chi connectivity index (χ3v) is 1.91. The van der Waals surface area contributed by atoms with Crippen LogP contribution in [0.3, 0.4) is 0 Å². The molecule has 0 aliphatic carbocycles. The maximum Gasteiger partial charge on any atom is 0.387 e. The second kappa shape index (κ2) is 4.73. The zero-order chi connectivity index (χ0) is 13.2. The number of hydrogen-bond acceptors (Lipinski definition) is 5.